The van der Waals surface area contributed by atoms with Crippen molar-refractivity contribution in [1.82, 2.24) is 14.8 Å². The lowest BCUT2D eigenvalue weighted by molar-refractivity contribution is 0.127. The van der Waals surface area contributed by atoms with Crippen LogP contribution >= 0.6 is 11.3 Å². The maximum atomic E-state index is 12.2. The molecule has 1 aromatic heterocycles. The Bertz CT molecular complexity index is 490. The molecule has 2 heterocycles. The zero-order valence-corrected chi connectivity index (χ0v) is 14.4. The summed E-state index contributed by atoms with van der Waals surface area (Å²) in [6, 6.07) is -0.0830. The van der Waals surface area contributed by atoms with Gasteiger partial charge in [-0.15, -0.1) is 11.3 Å². The fourth-order valence-electron chi connectivity index (χ4n) is 2.48. The Balaban J connectivity index is 1.82. The summed E-state index contributed by atoms with van der Waals surface area (Å²) in [5.74, 6) is 0. The minimum atomic E-state index is -0.0830. The van der Waals surface area contributed by atoms with Crippen LogP contribution in [-0.4, -0.2) is 65.3 Å². The Morgan fingerprint density at radius 1 is 1.36 bits per heavy atom. The van der Waals surface area contributed by atoms with Gasteiger partial charge in [0, 0.05) is 38.1 Å². The lowest BCUT2D eigenvalue weighted by Gasteiger charge is -2.34. The standard InChI is InChI=1S/C15H26N4O2S/c1-15(2,3)10-12-11-22-13(16-12)17-14(21)19-6-4-18(5-7-19)8-9-20/h11,20H,4-10H2,1-3H3,(H,16,17,21). The maximum Gasteiger partial charge on any atom is 0.323 e. The highest BCUT2D eigenvalue weighted by atomic mass is 32.1. The summed E-state index contributed by atoms with van der Waals surface area (Å²) in [6.45, 7) is 10.4. The monoisotopic (exact) mass is 326 g/mol. The molecule has 0 unspecified atom stereocenters. The molecule has 1 aliphatic rings. The highest BCUT2D eigenvalue weighted by molar-refractivity contribution is 7.13. The molecule has 0 spiro atoms. The van der Waals surface area contributed by atoms with Crippen LogP contribution in [0, 0.1) is 5.41 Å². The molecule has 124 valence electrons. The van der Waals surface area contributed by atoms with Crippen LogP contribution in [0.2, 0.25) is 0 Å². The van der Waals surface area contributed by atoms with Crippen LogP contribution in [-0.2, 0) is 6.42 Å². The summed E-state index contributed by atoms with van der Waals surface area (Å²) in [5.41, 5.74) is 1.22. The number of carbonyl (C=O) groups is 1. The maximum absolute atomic E-state index is 12.2. The van der Waals surface area contributed by atoms with E-state index in [2.05, 4.69) is 36.0 Å². The second-order valence-electron chi connectivity index (χ2n) is 6.86. The summed E-state index contributed by atoms with van der Waals surface area (Å²) in [7, 11) is 0. The van der Waals surface area contributed by atoms with Crippen LogP contribution in [0.4, 0.5) is 9.93 Å². The molecule has 0 saturated carbocycles. The van der Waals surface area contributed by atoms with Crippen molar-refractivity contribution in [3.8, 4) is 0 Å². The Hall–Kier alpha value is -1.18. The predicted octanol–water partition coefficient (Wildman–Crippen LogP) is 1.87. The molecule has 1 aliphatic heterocycles. The number of hydrogen-bond donors (Lipinski definition) is 2. The van der Waals surface area contributed by atoms with E-state index in [1.165, 1.54) is 11.3 Å². The summed E-state index contributed by atoms with van der Waals surface area (Å²) < 4.78 is 0. The first-order valence-electron chi connectivity index (χ1n) is 7.71. The van der Waals surface area contributed by atoms with Gasteiger partial charge in [0.25, 0.3) is 0 Å². The van der Waals surface area contributed by atoms with Gasteiger partial charge in [0.1, 0.15) is 0 Å². The van der Waals surface area contributed by atoms with E-state index < -0.39 is 0 Å². The molecule has 0 aliphatic carbocycles. The van der Waals surface area contributed by atoms with Gasteiger partial charge >= 0.3 is 6.03 Å². The first-order chi connectivity index (χ1) is 10.4. The van der Waals surface area contributed by atoms with Gasteiger partial charge in [-0.1, -0.05) is 20.8 Å². The highest BCUT2D eigenvalue weighted by Crippen LogP contribution is 2.24. The number of carbonyl (C=O) groups excluding carboxylic acids is 1. The van der Waals surface area contributed by atoms with E-state index in [1.807, 2.05) is 5.38 Å². The van der Waals surface area contributed by atoms with Gasteiger partial charge in [-0.05, 0) is 11.8 Å². The first-order valence-corrected chi connectivity index (χ1v) is 8.59. The molecule has 2 amide bonds. The lowest BCUT2D eigenvalue weighted by atomic mass is 9.91. The van der Waals surface area contributed by atoms with Crippen molar-refractivity contribution in [3.63, 3.8) is 0 Å². The molecule has 6 nitrogen and oxygen atoms in total. The topological polar surface area (TPSA) is 68.7 Å². The SMILES string of the molecule is CC(C)(C)Cc1csc(NC(=O)N2CCN(CCO)CC2)n1. The zero-order valence-electron chi connectivity index (χ0n) is 13.6. The lowest BCUT2D eigenvalue weighted by Crippen LogP contribution is -2.50. The molecule has 1 saturated heterocycles. The van der Waals surface area contributed by atoms with E-state index in [0.29, 0.717) is 24.8 Å². The minimum absolute atomic E-state index is 0.0830. The van der Waals surface area contributed by atoms with Crippen LogP contribution in [0.3, 0.4) is 0 Å². The smallest absolute Gasteiger partial charge is 0.323 e. The average Bonchev–Trinajstić information content (AvgIpc) is 2.84. The molecule has 2 rings (SSSR count). The van der Waals surface area contributed by atoms with Crippen LogP contribution in [0.25, 0.3) is 0 Å². The van der Waals surface area contributed by atoms with Crippen molar-refractivity contribution >= 4 is 22.5 Å². The number of nitrogens with zero attached hydrogens (tertiary/aromatic N) is 3. The number of aromatic nitrogens is 1. The van der Waals surface area contributed by atoms with Gasteiger partial charge in [0.15, 0.2) is 5.13 Å². The Morgan fingerprint density at radius 2 is 2.05 bits per heavy atom. The van der Waals surface area contributed by atoms with Crippen molar-refractivity contribution in [2.45, 2.75) is 27.2 Å². The van der Waals surface area contributed by atoms with Crippen molar-refractivity contribution in [2.24, 2.45) is 5.41 Å². The number of aliphatic hydroxyl groups is 1. The Kier molecular flexibility index (Phi) is 5.77. The summed E-state index contributed by atoms with van der Waals surface area (Å²) in [5, 5.41) is 14.5. The van der Waals surface area contributed by atoms with E-state index >= 15 is 0 Å². The minimum Gasteiger partial charge on any atom is -0.395 e. The third kappa shape index (κ3) is 5.23. The van der Waals surface area contributed by atoms with Crippen molar-refractivity contribution in [1.29, 1.82) is 0 Å². The third-order valence-electron chi connectivity index (χ3n) is 3.55. The van der Waals surface area contributed by atoms with Gasteiger partial charge in [-0.25, -0.2) is 9.78 Å². The van der Waals surface area contributed by atoms with E-state index in [0.717, 1.165) is 25.2 Å². The molecule has 0 bridgehead atoms. The Morgan fingerprint density at radius 3 is 2.64 bits per heavy atom. The Labute approximate surface area is 136 Å². The van der Waals surface area contributed by atoms with Gasteiger partial charge in [0.2, 0.25) is 0 Å². The van der Waals surface area contributed by atoms with Crippen molar-refractivity contribution in [2.75, 3.05) is 44.6 Å². The van der Waals surface area contributed by atoms with Gasteiger partial charge in [0.05, 0.1) is 12.3 Å². The summed E-state index contributed by atoms with van der Waals surface area (Å²) in [6.07, 6.45) is 0.902. The van der Waals surface area contributed by atoms with Gasteiger partial charge in [-0.3, -0.25) is 10.2 Å². The van der Waals surface area contributed by atoms with Gasteiger partial charge < -0.3 is 10.0 Å². The number of β-amino-alcohol motifs (C(OH)–C–C–N with tert-alkyl or cyclic N) is 1. The van der Waals surface area contributed by atoms with Crippen molar-refractivity contribution in [3.05, 3.63) is 11.1 Å². The van der Waals surface area contributed by atoms with Crippen LogP contribution in [0.5, 0.6) is 0 Å². The van der Waals surface area contributed by atoms with Crippen LogP contribution in [0.1, 0.15) is 26.5 Å². The molecule has 0 radical (unpaired) electrons. The third-order valence-corrected chi connectivity index (χ3v) is 4.36. The molecule has 7 heteroatoms. The number of rotatable bonds is 4. The van der Waals surface area contributed by atoms with Crippen LogP contribution in [0.15, 0.2) is 5.38 Å². The van der Waals surface area contributed by atoms with Crippen LogP contribution < -0.4 is 5.32 Å². The highest BCUT2D eigenvalue weighted by Gasteiger charge is 2.21. The first kappa shape index (κ1) is 17.2. The number of nitrogens with one attached hydrogen (secondary N) is 1. The molecule has 1 aromatic rings. The molecular weight excluding hydrogens is 300 g/mol. The number of anilines is 1. The molecular formula is C15H26N4O2S. The number of thiazole rings is 1. The second-order valence-corrected chi connectivity index (χ2v) is 7.72. The molecule has 2 N–H and O–H groups in total. The summed E-state index contributed by atoms with van der Waals surface area (Å²) >= 11 is 1.48. The van der Waals surface area contributed by atoms with E-state index in [9.17, 15) is 4.79 Å². The molecule has 1 fully saturated rings. The number of aliphatic hydroxyl groups excluding tert-OH is 1. The van der Waals surface area contributed by atoms with E-state index in [-0.39, 0.29) is 18.1 Å². The van der Waals surface area contributed by atoms with Crippen molar-refractivity contribution < 1.29 is 9.90 Å². The van der Waals surface area contributed by atoms with E-state index in [4.69, 9.17) is 5.11 Å². The average molecular weight is 326 g/mol. The fourth-order valence-corrected chi connectivity index (χ4v) is 3.18. The largest absolute Gasteiger partial charge is 0.395 e. The molecule has 22 heavy (non-hydrogen) atoms. The quantitative estimate of drug-likeness (QED) is 0.886. The predicted molar refractivity (Wildman–Crippen MR) is 89.4 cm³/mol. The zero-order chi connectivity index (χ0) is 16.2. The number of urea groups is 1. The second kappa shape index (κ2) is 7.39. The summed E-state index contributed by atoms with van der Waals surface area (Å²) in [4.78, 5) is 20.7. The van der Waals surface area contributed by atoms with Gasteiger partial charge in [-0.2, -0.15) is 0 Å². The molecule has 0 atom stereocenters. The molecule has 0 aromatic carbocycles. The number of amides is 2. The van der Waals surface area contributed by atoms with E-state index in [1.54, 1.807) is 4.90 Å². The fraction of sp³-hybridized carbons (Fsp3) is 0.733. The number of piperazine rings is 1. The normalized spacial score (nSPS) is 16.8. The number of hydrogen-bond acceptors (Lipinski definition) is 5.